The molecular weight excluding hydrogens is 332 g/mol. The first-order valence-corrected chi connectivity index (χ1v) is 8.23. The molecule has 0 atom stereocenters. The fourth-order valence-electron chi connectivity index (χ4n) is 1.50. The predicted octanol–water partition coefficient (Wildman–Crippen LogP) is 1.77. The van der Waals surface area contributed by atoms with Crippen LogP contribution < -0.4 is 10.5 Å². The fourth-order valence-corrected chi connectivity index (χ4v) is 2.84. The Hall–Kier alpha value is -0.920. The second kappa shape index (κ2) is 7.62. The molecule has 0 spiro atoms. The first-order valence-electron chi connectivity index (χ1n) is 5.95. The van der Waals surface area contributed by atoms with Crippen molar-refractivity contribution in [1.82, 2.24) is 4.72 Å². The second-order valence-corrected chi connectivity index (χ2v) is 6.81. The Bertz CT molecular complexity index is 514. The van der Waals surface area contributed by atoms with Crippen molar-refractivity contribution in [2.45, 2.75) is 30.6 Å². The van der Waals surface area contributed by atoms with Crippen molar-refractivity contribution in [3.05, 3.63) is 28.7 Å². The van der Waals surface area contributed by atoms with Gasteiger partial charge in [0.1, 0.15) is 0 Å². The quantitative estimate of drug-likeness (QED) is 0.701. The maximum Gasteiger partial charge on any atom is 0.240 e. The molecule has 0 bridgehead atoms. The third-order valence-corrected chi connectivity index (χ3v) is 4.52. The minimum absolute atomic E-state index is 0.243. The lowest BCUT2D eigenvalue weighted by Crippen LogP contribution is -2.24. The maximum atomic E-state index is 11.9. The molecule has 1 amide bonds. The van der Waals surface area contributed by atoms with Gasteiger partial charge in [-0.25, -0.2) is 13.1 Å². The van der Waals surface area contributed by atoms with Gasteiger partial charge in [0.2, 0.25) is 15.9 Å². The zero-order valence-electron chi connectivity index (χ0n) is 10.4. The number of carbonyl (C=O) groups excluding carboxylic acids is 1. The van der Waals surface area contributed by atoms with Crippen molar-refractivity contribution in [3.63, 3.8) is 0 Å². The summed E-state index contributed by atoms with van der Waals surface area (Å²) in [6, 6.07) is 6.45. The number of primary amides is 1. The van der Waals surface area contributed by atoms with E-state index in [-0.39, 0.29) is 10.8 Å². The van der Waals surface area contributed by atoms with Crippen LogP contribution in [-0.2, 0) is 14.8 Å². The third-order valence-electron chi connectivity index (χ3n) is 2.52. The van der Waals surface area contributed by atoms with Crippen molar-refractivity contribution in [3.8, 4) is 0 Å². The Kier molecular flexibility index (Phi) is 6.47. The summed E-state index contributed by atoms with van der Waals surface area (Å²) < 4.78 is 27.1. The molecule has 106 valence electrons. The van der Waals surface area contributed by atoms with Gasteiger partial charge in [0.05, 0.1) is 4.90 Å². The lowest BCUT2D eigenvalue weighted by Gasteiger charge is -2.06. The van der Waals surface area contributed by atoms with E-state index in [9.17, 15) is 13.2 Å². The Morgan fingerprint density at radius 2 is 1.79 bits per heavy atom. The molecule has 0 aliphatic rings. The summed E-state index contributed by atoms with van der Waals surface area (Å²) in [5.41, 5.74) is 5.01. The number of benzene rings is 1. The number of hydrogen-bond acceptors (Lipinski definition) is 3. The first-order chi connectivity index (χ1) is 8.92. The molecule has 0 saturated heterocycles. The van der Waals surface area contributed by atoms with E-state index >= 15 is 0 Å². The molecular formula is C12H17BrN2O3S. The van der Waals surface area contributed by atoms with Crippen molar-refractivity contribution >= 4 is 31.9 Å². The van der Waals surface area contributed by atoms with E-state index in [1.807, 2.05) is 0 Å². The lowest BCUT2D eigenvalue weighted by atomic mass is 10.2. The highest BCUT2D eigenvalue weighted by atomic mass is 79.9. The van der Waals surface area contributed by atoms with Crippen LogP contribution >= 0.6 is 15.9 Å². The van der Waals surface area contributed by atoms with Crippen molar-refractivity contribution in [1.29, 1.82) is 0 Å². The average Bonchev–Trinajstić information content (AvgIpc) is 2.34. The minimum atomic E-state index is -3.44. The number of rotatable bonds is 8. The van der Waals surface area contributed by atoms with Gasteiger partial charge in [-0.1, -0.05) is 22.4 Å². The largest absolute Gasteiger partial charge is 0.370 e. The summed E-state index contributed by atoms with van der Waals surface area (Å²) in [6.07, 6.45) is 2.49. The second-order valence-electron chi connectivity index (χ2n) is 4.13. The Morgan fingerprint density at radius 1 is 1.16 bits per heavy atom. The highest BCUT2D eigenvalue weighted by Gasteiger charge is 2.12. The molecule has 1 aromatic carbocycles. The number of amides is 1. The molecule has 0 unspecified atom stereocenters. The molecule has 1 rings (SSSR count). The standard InChI is InChI=1S/C12H17BrN2O3S/c13-10-5-7-11(8-6-10)19(17,18)15-9-3-1-2-4-12(14)16/h5-8,15H,1-4,9H2,(H2,14,16). The summed E-state index contributed by atoms with van der Waals surface area (Å²) in [5, 5.41) is 0. The smallest absolute Gasteiger partial charge is 0.240 e. The van der Waals surface area contributed by atoms with Gasteiger partial charge in [0.15, 0.2) is 0 Å². The van der Waals surface area contributed by atoms with E-state index in [1.165, 1.54) is 0 Å². The van der Waals surface area contributed by atoms with Crippen LogP contribution in [0.3, 0.4) is 0 Å². The summed E-state index contributed by atoms with van der Waals surface area (Å²) in [7, 11) is -3.44. The summed E-state index contributed by atoms with van der Waals surface area (Å²) in [4.78, 5) is 10.8. The van der Waals surface area contributed by atoms with Gasteiger partial charge in [0.25, 0.3) is 0 Å². The van der Waals surface area contributed by atoms with Crippen molar-refractivity contribution in [2.75, 3.05) is 6.54 Å². The molecule has 0 aromatic heterocycles. The van der Waals surface area contributed by atoms with E-state index in [1.54, 1.807) is 24.3 Å². The van der Waals surface area contributed by atoms with Crippen LogP contribution in [0, 0.1) is 0 Å². The molecule has 0 radical (unpaired) electrons. The van der Waals surface area contributed by atoms with Crippen LogP contribution in [0.4, 0.5) is 0 Å². The number of nitrogens with one attached hydrogen (secondary N) is 1. The molecule has 19 heavy (non-hydrogen) atoms. The monoisotopic (exact) mass is 348 g/mol. The number of unbranched alkanes of at least 4 members (excludes halogenated alkanes) is 2. The Morgan fingerprint density at radius 3 is 2.37 bits per heavy atom. The molecule has 0 aliphatic carbocycles. The number of halogens is 1. The highest BCUT2D eigenvalue weighted by molar-refractivity contribution is 9.10. The number of hydrogen-bond donors (Lipinski definition) is 2. The van der Waals surface area contributed by atoms with Crippen LogP contribution in [0.1, 0.15) is 25.7 Å². The van der Waals surface area contributed by atoms with E-state index in [0.29, 0.717) is 25.8 Å². The predicted molar refractivity (Wildman–Crippen MR) is 77.0 cm³/mol. The average molecular weight is 349 g/mol. The molecule has 7 heteroatoms. The van der Waals surface area contributed by atoms with Gasteiger partial charge in [-0.05, 0) is 37.1 Å². The van der Waals surface area contributed by atoms with Gasteiger partial charge >= 0.3 is 0 Å². The molecule has 0 saturated carbocycles. The zero-order valence-corrected chi connectivity index (χ0v) is 12.8. The molecule has 0 fully saturated rings. The lowest BCUT2D eigenvalue weighted by molar-refractivity contribution is -0.118. The molecule has 3 N–H and O–H groups in total. The Balaban J connectivity index is 2.35. The number of sulfonamides is 1. The number of carbonyl (C=O) groups is 1. The van der Waals surface area contributed by atoms with Crippen LogP contribution in [-0.4, -0.2) is 20.9 Å². The summed E-state index contributed by atoms with van der Waals surface area (Å²) in [5.74, 6) is -0.324. The van der Waals surface area contributed by atoms with Crippen LogP contribution in [0.25, 0.3) is 0 Å². The summed E-state index contributed by atoms with van der Waals surface area (Å²) in [6.45, 7) is 0.358. The molecule has 0 heterocycles. The topological polar surface area (TPSA) is 89.3 Å². The van der Waals surface area contributed by atoms with Crippen LogP contribution in [0.15, 0.2) is 33.6 Å². The van der Waals surface area contributed by atoms with Gasteiger partial charge in [-0.2, -0.15) is 0 Å². The van der Waals surface area contributed by atoms with E-state index < -0.39 is 10.0 Å². The first kappa shape index (κ1) is 16.1. The number of nitrogens with two attached hydrogens (primary N) is 1. The van der Waals surface area contributed by atoms with Gasteiger partial charge in [-0.3, -0.25) is 4.79 Å². The van der Waals surface area contributed by atoms with E-state index in [2.05, 4.69) is 20.7 Å². The molecule has 1 aromatic rings. The van der Waals surface area contributed by atoms with Gasteiger partial charge in [-0.15, -0.1) is 0 Å². The zero-order chi connectivity index (χ0) is 14.3. The molecule has 5 nitrogen and oxygen atoms in total. The van der Waals surface area contributed by atoms with E-state index in [0.717, 1.165) is 10.9 Å². The fraction of sp³-hybridized carbons (Fsp3) is 0.417. The van der Waals surface area contributed by atoms with Crippen molar-refractivity contribution in [2.24, 2.45) is 5.73 Å². The SMILES string of the molecule is NC(=O)CCCCCNS(=O)(=O)c1ccc(Br)cc1. The summed E-state index contributed by atoms with van der Waals surface area (Å²) >= 11 is 3.25. The van der Waals surface area contributed by atoms with Crippen LogP contribution in [0.5, 0.6) is 0 Å². The van der Waals surface area contributed by atoms with Crippen LogP contribution in [0.2, 0.25) is 0 Å². The van der Waals surface area contributed by atoms with Gasteiger partial charge in [0, 0.05) is 17.4 Å². The minimum Gasteiger partial charge on any atom is -0.370 e. The highest BCUT2D eigenvalue weighted by Crippen LogP contribution is 2.14. The van der Waals surface area contributed by atoms with Crippen molar-refractivity contribution < 1.29 is 13.2 Å². The molecule has 0 aliphatic heterocycles. The maximum absolute atomic E-state index is 11.9. The Labute approximate surface area is 121 Å². The normalized spacial score (nSPS) is 11.4. The van der Waals surface area contributed by atoms with E-state index in [4.69, 9.17) is 5.73 Å². The third kappa shape index (κ3) is 6.17. The van der Waals surface area contributed by atoms with Gasteiger partial charge < -0.3 is 5.73 Å².